The zero-order valence-electron chi connectivity index (χ0n) is 15.6. The molecule has 7 nitrogen and oxygen atoms in total. The second-order valence-corrected chi connectivity index (χ2v) is 6.82. The van der Waals surface area contributed by atoms with Crippen molar-refractivity contribution in [1.29, 1.82) is 0 Å². The average molecular weight is 423 g/mol. The molecule has 158 valence electrons. The van der Waals surface area contributed by atoms with Crippen molar-refractivity contribution in [3.8, 4) is 5.69 Å². The topological polar surface area (TPSA) is 67.4 Å². The fourth-order valence-electron chi connectivity index (χ4n) is 3.35. The molecule has 3 heterocycles. The van der Waals surface area contributed by atoms with Crippen molar-refractivity contribution in [3.05, 3.63) is 65.6 Å². The molecule has 1 amide bonds. The molecule has 0 atom stereocenters. The molecule has 1 aromatic carbocycles. The zero-order chi connectivity index (χ0) is 21.3. The lowest BCUT2D eigenvalue weighted by Crippen LogP contribution is -2.48. The number of halogens is 4. The Hall–Kier alpha value is -3.21. The van der Waals surface area contributed by atoms with E-state index in [1.54, 1.807) is 12.3 Å². The molecule has 0 spiro atoms. The van der Waals surface area contributed by atoms with Crippen molar-refractivity contribution < 1.29 is 26.8 Å². The van der Waals surface area contributed by atoms with E-state index in [1.807, 2.05) is 11.0 Å². The third kappa shape index (κ3) is 4.06. The van der Waals surface area contributed by atoms with Crippen LogP contribution in [0, 0.1) is 5.82 Å². The first kappa shape index (κ1) is 20.1. The lowest BCUT2D eigenvalue weighted by Gasteiger charge is -2.34. The number of piperazine rings is 1. The van der Waals surface area contributed by atoms with Crippen LogP contribution < -0.4 is 0 Å². The molecule has 4 rings (SSSR count). The maximum atomic E-state index is 13.7. The number of carbonyl (C=O) groups excluding carboxylic acids is 1. The van der Waals surface area contributed by atoms with Gasteiger partial charge in [0, 0.05) is 26.2 Å². The van der Waals surface area contributed by atoms with Crippen LogP contribution >= 0.6 is 0 Å². The molecule has 3 aromatic rings. The van der Waals surface area contributed by atoms with Crippen LogP contribution in [0.4, 0.5) is 17.6 Å². The predicted octanol–water partition coefficient (Wildman–Crippen LogP) is 2.98. The summed E-state index contributed by atoms with van der Waals surface area (Å²) in [5.74, 6) is -0.813. The number of rotatable bonds is 4. The van der Waals surface area contributed by atoms with E-state index in [9.17, 15) is 22.4 Å². The van der Waals surface area contributed by atoms with Crippen LogP contribution in [0.1, 0.15) is 21.9 Å². The first-order chi connectivity index (χ1) is 14.3. The summed E-state index contributed by atoms with van der Waals surface area (Å²) in [6.45, 7) is 1.99. The lowest BCUT2D eigenvalue weighted by molar-refractivity contribution is -0.143. The summed E-state index contributed by atoms with van der Waals surface area (Å²) in [6, 6.07) is 8.11. The Morgan fingerprint density at radius 2 is 1.87 bits per heavy atom. The third-order valence-corrected chi connectivity index (χ3v) is 4.81. The van der Waals surface area contributed by atoms with Gasteiger partial charge in [0.25, 0.3) is 5.91 Å². The van der Waals surface area contributed by atoms with E-state index < -0.39 is 29.3 Å². The molecule has 0 bridgehead atoms. The number of furan rings is 1. The monoisotopic (exact) mass is 423 g/mol. The molecule has 1 aliphatic heterocycles. The third-order valence-electron chi connectivity index (χ3n) is 4.81. The summed E-state index contributed by atoms with van der Waals surface area (Å²) < 4.78 is 60.5. The van der Waals surface area contributed by atoms with Crippen molar-refractivity contribution in [2.24, 2.45) is 0 Å². The molecule has 1 aliphatic rings. The normalized spacial score (nSPS) is 15.5. The van der Waals surface area contributed by atoms with Gasteiger partial charge in [0.05, 0.1) is 18.5 Å². The van der Waals surface area contributed by atoms with Gasteiger partial charge in [-0.15, -0.1) is 5.10 Å². The highest BCUT2D eigenvalue weighted by atomic mass is 19.4. The Labute approximate surface area is 168 Å². The van der Waals surface area contributed by atoms with Crippen LogP contribution in [0.3, 0.4) is 0 Å². The summed E-state index contributed by atoms with van der Waals surface area (Å²) in [5.41, 5.74) is -2.29. The van der Waals surface area contributed by atoms with E-state index in [2.05, 4.69) is 10.3 Å². The first-order valence-electron chi connectivity index (χ1n) is 9.16. The van der Waals surface area contributed by atoms with Crippen LogP contribution in [0.15, 0.2) is 47.1 Å². The maximum absolute atomic E-state index is 13.7. The molecule has 1 fully saturated rings. The van der Waals surface area contributed by atoms with Crippen molar-refractivity contribution in [1.82, 2.24) is 24.8 Å². The van der Waals surface area contributed by atoms with E-state index in [1.165, 1.54) is 17.0 Å². The van der Waals surface area contributed by atoms with E-state index >= 15 is 0 Å². The molecular formula is C19H17F4N5O2. The summed E-state index contributed by atoms with van der Waals surface area (Å²) in [6.07, 6.45) is -3.34. The SMILES string of the molecule is O=C(c1nnn(-c2cccc(F)c2)c1C(F)(F)F)N1CCN(Cc2ccco2)CC1. The number of carbonyl (C=O) groups is 1. The number of hydrogen-bond donors (Lipinski definition) is 0. The average Bonchev–Trinajstić information content (AvgIpc) is 3.37. The zero-order valence-corrected chi connectivity index (χ0v) is 15.6. The Morgan fingerprint density at radius 3 is 2.50 bits per heavy atom. The molecular weight excluding hydrogens is 406 g/mol. The van der Waals surface area contributed by atoms with Gasteiger partial charge in [0.1, 0.15) is 11.6 Å². The van der Waals surface area contributed by atoms with E-state index in [4.69, 9.17) is 4.42 Å². The second kappa shape index (κ2) is 7.90. The first-order valence-corrected chi connectivity index (χ1v) is 9.16. The van der Waals surface area contributed by atoms with Crippen molar-refractivity contribution >= 4 is 5.91 Å². The second-order valence-electron chi connectivity index (χ2n) is 6.82. The van der Waals surface area contributed by atoms with Gasteiger partial charge >= 0.3 is 6.18 Å². The standard InChI is InChI=1S/C19H17F4N5O2/c20-13-3-1-4-14(11-13)28-17(19(21,22)23)16(24-25-28)18(29)27-8-6-26(7-9-27)12-15-5-2-10-30-15/h1-5,10-11H,6-9,12H2. The van der Waals surface area contributed by atoms with Crippen LogP contribution in [0.2, 0.25) is 0 Å². The molecule has 0 unspecified atom stereocenters. The summed E-state index contributed by atoms with van der Waals surface area (Å²) in [4.78, 5) is 16.2. The number of hydrogen-bond acceptors (Lipinski definition) is 5. The summed E-state index contributed by atoms with van der Waals surface area (Å²) >= 11 is 0. The smallest absolute Gasteiger partial charge is 0.435 e. The minimum absolute atomic E-state index is 0.169. The van der Waals surface area contributed by atoms with Gasteiger partial charge in [-0.2, -0.15) is 13.2 Å². The molecule has 1 saturated heterocycles. The van der Waals surface area contributed by atoms with Crippen LogP contribution in [-0.4, -0.2) is 56.9 Å². The van der Waals surface area contributed by atoms with Crippen LogP contribution in [0.5, 0.6) is 0 Å². The number of benzene rings is 1. The molecule has 2 aromatic heterocycles. The van der Waals surface area contributed by atoms with E-state index in [0.717, 1.165) is 17.9 Å². The quantitative estimate of drug-likeness (QED) is 0.604. The van der Waals surface area contributed by atoms with Crippen molar-refractivity contribution in [2.75, 3.05) is 26.2 Å². The number of nitrogens with zero attached hydrogens (tertiary/aromatic N) is 5. The number of amides is 1. The van der Waals surface area contributed by atoms with Gasteiger partial charge in [-0.25, -0.2) is 9.07 Å². The predicted molar refractivity (Wildman–Crippen MR) is 96.2 cm³/mol. The highest BCUT2D eigenvalue weighted by molar-refractivity contribution is 5.93. The Bertz CT molecular complexity index is 1020. The Balaban J connectivity index is 1.54. The van der Waals surface area contributed by atoms with Crippen LogP contribution in [0.25, 0.3) is 5.69 Å². The fourth-order valence-corrected chi connectivity index (χ4v) is 3.35. The molecule has 0 N–H and O–H groups in total. The minimum Gasteiger partial charge on any atom is -0.468 e. The van der Waals surface area contributed by atoms with Gasteiger partial charge in [0.2, 0.25) is 0 Å². The van der Waals surface area contributed by atoms with E-state index in [-0.39, 0.29) is 18.8 Å². The highest BCUT2D eigenvalue weighted by Crippen LogP contribution is 2.33. The summed E-state index contributed by atoms with van der Waals surface area (Å²) in [7, 11) is 0. The van der Waals surface area contributed by atoms with Gasteiger partial charge in [-0.1, -0.05) is 11.3 Å². The Morgan fingerprint density at radius 1 is 1.10 bits per heavy atom. The van der Waals surface area contributed by atoms with Gasteiger partial charge in [-0.05, 0) is 30.3 Å². The van der Waals surface area contributed by atoms with Gasteiger partial charge in [0.15, 0.2) is 11.4 Å². The molecule has 0 aliphatic carbocycles. The van der Waals surface area contributed by atoms with Gasteiger partial charge < -0.3 is 9.32 Å². The molecule has 30 heavy (non-hydrogen) atoms. The molecule has 0 saturated carbocycles. The summed E-state index contributed by atoms with van der Waals surface area (Å²) in [5, 5.41) is 6.98. The Kier molecular flexibility index (Phi) is 5.29. The maximum Gasteiger partial charge on any atom is 0.435 e. The number of alkyl halides is 3. The fraction of sp³-hybridized carbons (Fsp3) is 0.316. The minimum atomic E-state index is -4.90. The largest absolute Gasteiger partial charge is 0.468 e. The molecule has 11 heteroatoms. The van der Waals surface area contributed by atoms with Crippen molar-refractivity contribution in [3.63, 3.8) is 0 Å². The molecule has 0 radical (unpaired) electrons. The van der Waals surface area contributed by atoms with E-state index in [0.29, 0.717) is 24.3 Å². The highest BCUT2D eigenvalue weighted by Gasteiger charge is 2.43. The number of aromatic nitrogens is 3. The van der Waals surface area contributed by atoms with Crippen molar-refractivity contribution in [2.45, 2.75) is 12.7 Å². The van der Waals surface area contributed by atoms with Crippen LogP contribution in [-0.2, 0) is 12.7 Å². The van der Waals surface area contributed by atoms with Gasteiger partial charge in [-0.3, -0.25) is 9.69 Å². The lowest BCUT2D eigenvalue weighted by atomic mass is 10.2.